The molecule has 5 aromatic heterocycles. The molecule has 1 aliphatic heterocycles. The maximum atomic E-state index is 6.27. The van der Waals surface area contributed by atoms with Crippen LogP contribution in [0.3, 0.4) is 0 Å². The Morgan fingerprint density at radius 1 is 0.850 bits per heavy atom. The van der Waals surface area contributed by atoms with Crippen LogP contribution in [-0.4, -0.2) is 76.5 Å². The number of anilines is 1. The lowest BCUT2D eigenvalue weighted by Gasteiger charge is -2.34. The third kappa shape index (κ3) is 4.33. The molecule has 204 valence electrons. The van der Waals surface area contributed by atoms with E-state index >= 15 is 0 Å². The van der Waals surface area contributed by atoms with Crippen molar-refractivity contribution in [3.8, 4) is 17.3 Å². The van der Waals surface area contributed by atoms with Gasteiger partial charge in [0.25, 0.3) is 0 Å². The van der Waals surface area contributed by atoms with Gasteiger partial charge in [-0.1, -0.05) is 18.2 Å². The van der Waals surface area contributed by atoms with Gasteiger partial charge in [-0.05, 0) is 44.2 Å². The van der Waals surface area contributed by atoms with Crippen molar-refractivity contribution in [3.05, 3.63) is 77.9 Å². The molecule has 7 rings (SSSR count). The lowest BCUT2D eigenvalue weighted by molar-refractivity contribution is 0.124. The zero-order valence-corrected chi connectivity index (χ0v) is 22.7. The number of nitrogens with zero attached hydrogens (tertiary/aromatic N) is 9. The van der Waals surface area contributed by atoms with Crippen LogP contribution in [0.15, 0.2) is 65.4 Å². The van der Waals surface area contributed by atoms with E-state index in [1.54, 1.807) is 10.8 Å². The summed E-state index contributed by atoms with van der Waals surface area (Å²) >= 11 is 0. The summed E-state index contributed by atoms with van der Waals surface area (Å²) < 4.78 is 11.3. The average molecular weight is 537 g/mol. The van der Waals surface area contributed by atoms with E-state index in [2.05, 4.69) is 78.4 Å². The molecular formula is C29H32N10O. The second kappa shape index (κ2) is 9.92. The maximum absolute atomic E-state index is 6.27. The summed E-state index contributed by atoms with van der Waals surface area (Å²) in [5, 5.41) is 10.2. The highest BCUT2D eigenvalue weighted by molar-refractivity contribution is 5.91. The fraction of sp³-hybridized carbons (Fsp3) is 0.310. The van der Waals surface area contributed by atoms with Gasteiger partial charge in [0.2, 0.25) is 11.8 Å². The third-order valence-corrected chi connectivity index (χ3v) is 7.91. The zero-order valence-electron chi connectivity index (χ0n) is 22.7. The number of nitrogen functional groups attached to an aromatic ring is 1. The van der Waals surface area contributed by atoms with Gasteiger partial charge in [-0.25, -0.2) is 9.67 Å². The molecule has 0 unspecified atom stereocenters. The number of aromatic nitrogens is 7. The number of fused-ring (bicyclic) bond motifs is 3. The first-order chi connectivity index (χ1) is 19.5. The second-order valence-corrected chi connectivity index (χ2v) is 10.4. The van der Waals surface area contributed by atoms with Crippen LogP contribution in [0.5, 0.6) is 0 Å². The van der Waals surface area contributed by atoms with Gasteiger partial charge in [0.15, 0.2) is 11.4 Å². The van der Waals surface area contributed by atoms with Crippen molar-refractivity contribution in [1.29, 1.82) is 0 Å². The molecule has 1 saturated heterocycles. The SMILES string of the molecule is Cc1nn(-c2ccccc2)c(C)c1CN1CCN(CCn2ccc3c2nc(N)n2nc(-c4ccco4)nc32)CC1. The standard InChI is InChI=1S/C29H32N10O/c1-20-24(21(2)38(33-20)22-7-4-3-5-8-22)19-36-14-12-35(13-15-36)16-17-37-11-10-23-27(37)32-29(30)39-28(23)31-26(34-39)25-9-6-18-40-25/h3-11,18H,12-17,19H2,1-2H3,(H2,30,32). The highest BCUT2D eigenvalue weighted by atomic mass is 16.3. The molecule has 11 heteroatoms. The summed E-state index contributed by atoms with van der Waals surface area (Å²) in [7, 11) is 0. The quantitative estimate of drug-likeness (QED) is 0.330. The summed E-state index contributed by atoms with van der Waals surface area (Å²) in [6.45, 7) is 11.1. The molecule has 40 heavy (non-hydrogen) atoms. The number of nitrogens with two attached hydrogens (primary N) is 1. The van der Waals surface area contributed by atoms with Gasteiger partial charge in [0.05, 0.1) is 23.0 Å². The van der Waals surface area contributed by atoms with Crippen molar-refractivity contribution in [2.75, 3.05) is 38.5 Å². The number of hydrogen-bond acceptors (Lipinski definition) is 8. The second-order valence-electron chi connectivity index (χ2n) is 10.4. The Morgan fingerprint density at radius 3 is 2.42 bits per heavy atom. The van der Waals surface area contributed by atoms with Gasteiger partial charge >= 0.3 is 0 Å². The molecule has 0 atom stereocenters. The number of furan rings is 1. The topological polar surface area (TPSA) is 111 Å². The molecule has 6 aromatic rings. The van der Waals surface area contributed by atoms with E-state index in [0.717, 1.165) is 68.2 Å². The van der Waals surface area contributed by atoms with Gasteiger partial charge in [-0.3, -0.25) is 9.80 Å². The predicted octanol–water partition coefficient (Wildman–Crippen LogP) is 3.54. The number of para-hydroxylation sites is 1. The van der Waals surface area contributed by atoms with E-state index in [1.807, 2.05) is 24.3 Å². The van der Waals surface area contributed by atoms with E-state index in [-0.39, 0.29) is 0 Å². The van der Waals surface area contributed by atoms with E-state index < -0.39 is 0 Å². The van der Waals surface area contributed by atoms with Gasteiger partial charge in [0.1, 0.15) is 5.65 Å². The first kappa shape index (κ1) is 24.6. The van der Waals surface area contributed by atoms with Gasteiger partial charge < -0.3 is 14.7 Å². The Hall–Kier alpha value is -4.48. The highest BCUT2D eigenvalue weighted by Gasteiger charge is 2.22. The van der Waals surface area contributed by atoms with Crippen LogP contribution >= 0.6 is 0 Å². The zero-order chi connectivity index (χ0) is 27.2. The van der Waals surface area contributed by atoms with Crippen molar-refractivity contribution in [3.63, 3.8) is 0 Å². The Balaban J connectivity index is 1.00. The minimum absolute atomic E-state index is 0.308. The number of piperazine rings is 1. The third-order valence-electron chi connectivity index (χ3n) is 7.91. The number of benzene rings is 1. The first-order valence-corrected chi connectivity index (χ1v) is 13.7. The van der Waals surface area contributed by atoms with Crippen molar-refractivity contribution in [2.24, 2.45) is 0 Å². The molecule has 2 N–H and O–H groups in total. The molecule has 0 bridgehead atoms. The molecule has 0 spiro atoms. The van der Waals surface area contributed by atoms with E-state index in [1.165, 1.54) is 11.3 Å². The van der Waals surface area contributed by atoms with Crippen LogP contribution in [0.2, 0.25) is 0 Å². The molecule has 0 amide bonds. The summed E-state index contributed by atoms with van der Waals surface area (Å²) in [6, 6.07) is 16.0. The number of hydrogen-bond donors (Lipinski definition) is 1. The summed E-state index contributed by atoms with van der Waals surface area (Å²) in [5.74, 6) is 1.40. The number of rotatable bonds is 7. The van der Waals surface area contributed by atoms with Crippen molar-refractivity contribution >= 4 is 22.6 Å². The maximum Gasteiger partial charge on any atom is 0.225 e. The summed E-state index contributed by atoms with van der Waals surface area (Å²) in [5.41, 5.74) is 12.5. The van der Waals surface area contributed by atoms with Crippen molar-refractivity contribution in [2.45, 2.75) is 26.9 Å². The summed E-state index contributed by atoms with van der Waals surface area (Å²) in [4.78, 5) is 14.4. The van der Waals surface area contributed by atoms with Crippen LogP contribution in [0.25, 0.3) is 34.0 Å². The Kier molecular flexibility index (Phi) is 6.09. The Bertz CT molecular complexity index is 1770. The molecule has 1 fully saturated rings. The molecule has 1 aromatic carbocycles. The van der Waals surface area contributed by atoms with Gasteiger partial charge in [0, 0.05) is 63.3 Å². The highest BCUT2D eigenvalue weighted by Crippen LogP contribution is 2.25. The van der Waals surface area contributed by atoms with Crippen LogP contribution < -0.4 is 5.73 Å². The van der Waals surface area contributed by atoms with Crippen LogP contribution in [-0.2, 0) is 13.1 Å². The molecule has 0 aliphatic carbocycles. The van der Waals surface area contributed by atoms with Crippen molar-refractivity contribution in [1.82, 2.24) is 43.7 Å². The normalized spacial score (nSPS) is 15.1. The monoisotopic (exact) mass is 536 g/mol. The largest absolute Gasteiger partial charge is 0.461 e. The predicted molar refractivity (Wildman–Crippen MR) is 153 cm³/mol. The van der Waals surface area contributed by atoms with Crippen LogP contribution in [0.1, 0.15) is 17.0 Å². The van der Waals surface area contributed by atoms with Crippen molar-refractivity contribution < 1.29 is 4.42 Å². The Morgan fingerprint density at radius 2 is 1.65 bits per heavy atom. The molecule has 0 saturated carbocycles. The molecular weight excluding hydrogens is 504 g/mol. The minimum atomic E-state index is 0.308. The lowest BCUT2D eigenvalue weighted by Crippen LogP contribution is -2.46. The number of aryl methyl sites for hydroxylation is 1. The van der Waals surface area contributed by atoms with E-state index in [4.69, 9.17) is 15.2 Å². The molecule has 11 nitrogen and oxygen atoms in total. The van der Waals surface area contributed by atoms with E-state index in [9.17, 15) is 0 Å². The van der Waals surface area contributed by atoms with Crippen LogP contribution in [0.4, 0.5) is 5.95 Å². The Labute approximate surface area is 231 Å². The fourth-order valence-electron chi connectivity index (χ4n) is 5.62. The minimum Gasteiger partial charge on any atom is -0.461 e. The molecule has 0 radical (unpaired) electrons. The van der Waals surface area contributed by atoms with Gasteiger partial charge in [-0.2, -0.15) is 14.6 Å². The van der Waals surface area contributed by atoms with Crippen LogP contribution in [0, 0.1) is 13.8 Å². The molecule has 6 heterocycles. The van der Waals surface area contributed by atoms with Gasteiger partial charge in [-0.15, -0.1) is 5.10 Å². The average Bonchev–Trinajstić information content (AvgIpc) is 3.77. The lowest BCUT2D eigenvalue weighted by atomic mass is 10.1. The van der Waals surface area contributed by atoms with E-state index in [0.29, 0.717) is 23.2 Å². The molecule has 1 aliphatic rings. The fourth-order valence-corrected chi connectivity index (χ4v) is 5.62. The smallest absolute Gasteiger partial charge is 0.225 e. The summed E-state index contributed by atoms with van der Waals surface area (Å²) in [6.07, 6.45) is 3.67. The first-order valence-electron chi connectivity index (χ1n) is 13.7.